The van der Waals surface area contributed by atoms with Gasteiger partial charge in [0.25, 0.3) is 5.76 Å². The molecule has 6 spiro atoms. The van der Waals surface area contributed by atoms with Crippen LogP contribution in [0, 0.1) is 24.8 Å². The maximum atomic E-state index is 12.6. The summed E-state index contributed by atoms with van der Waals surface area (Å²) in [6.07, 6.45) is 16.0. The lowest BCUT2D eigenvalue weighted by molar-refractivity contribution is -0.452. The molecule has 11 heterocycles. The summed E-state index contributed by atoms with van der Waals surface area (Å²) >= 11 is 0. The molecule has 18 N–H and O–H groups in total. The highest BCUT2D eigenvalue weighted by atomic mass is 32.3. The number of quaternary nitrogens is 1. The zero-order valence-corrected chi connectivity index (χ0v) is 77.5. The number of phenolic OH excluding ortho intramolecular Hbond substituents is 5. The third-order valence-electron chi connectivity index (χ3n) is 37.7. The number of carbonyl (C=O) groups excluding carboxylic acids is 6. The Balaban J connectivity index is 0.0000000922. The van der Waals surface area contributed by atoms with E-state index >= 15 is 0 Å². The molecule has 5 aromatic rings. The molecule has 10 fully saturated rings. The molecule has 30 rings (SSSR count). The van der Waals surface area contributed by atoms with E-state index in [1.807, 2.05) is 58.5 Å². The zero-order valence-electron chi connectivity index (χ0n) is 76.7. The highest BCUT2D eigenvalue weighted by molar-refractivity contribution is 7.79. The summed E-state index contributed by atoms with van der Waals surface area (Å²) in [5, 5.41) is 155. The minimum atomic E-state index is -5.17. The van der Waals surface area contributed by atoms with Crippen LogP contribution in [0.5, 0.6) is 57.5 Å². The average Bonchev–Trinajstić information content (AvgIpc) is 1.47. The van der Waals surface area contributed by atoms with Crippen molar-refractivity contribution in [2.45, 2.75) is 255 Å². The minimum Gasteiger partial charge on any atom is -0.759 e. The fourth-order valence-electron chi connectivity index (χ4n) is 31.9. The molecule has 9 unspecified atom stereocenters. The number of aliphatic hydroxyl groups excluding tert-OH is 3. The van der Waals surface area contributed by atoms with Crippen molar-refractivity contribution in [2.24, 2.45) is 11.3 Å². The van der Waals surface area contributed by atoms with Crippen LogP contribution in [0.2, 0.25) is 0 Å². The van der Waals surface area contributed by atoms with Crippen molar-refractivity contribution in [2.75, 3.05) is 60.9 Å². The fraction of sp³-hybridized carbons (Fsp3) is 0.520. The smallest absolute Gasteiger partial charge is 0.331 e. The van der Waals surface area contributed by atoms with Crippen LogP contribution in [0.3, 0.4) is 0 Å². The Morgan fingerprint density at radius 2 is 0.799 bits per heavy atom. The number of benzene rings is 5. The van der Waals surface area contributed by atoms with Gasteiger partial charge in [-0.2, -0.15) is 0 Å². The van der Waals surface area contributed by atoms with E-state index in [1.54, 1.807) is 54.6 Å². The van der Waals surface area contributed by atoms with Crippen LogP contribution in [-0.4, -0.2) is 323 Å². The number of rotatable bonds is 0. The lowest BCUT2D eigenvalue weighted by atomic mass is 9.46. The number of ketones is 6. The summed E-state index contributed by atoms with van der Waals surface area (Å²) in [6, 6.07) is 16.8. The first kappa shape index (κ1) is 92.0. The van der Waals surface area contributed by atoms with Gasteiger partial charge in [-0.15, -0.1) is 0 Å². The number of aromatic hydroxyl groups is 5. The van der Waals surface area contributed by atoms with Gasteiger partial charge in [-0.25, -0.2) is 0 Å². The van der Waals surface area contributed by atoms with Crippen LogP contribution in [0.1, 0.15) is 133 Å². The van der Waals surface area contributed by atoms with Crippen molar-refractivity contribution in [1.82, 2.24) is 24.9 Å². The van der Waals surface area contributed by atoms with Gasteiger partial charge in [0.1, 0.15) is 45.1 Å². The molecule has 25 aliphatic rings. The van der Waals surface area contributed by atoms with Crippen molar-refractivity contribution in [1.29, 1.82) is 0 Å². The monoisotopic (exact) mass is 1930 g/mol. The first-order chi connectivity index (χ1) is 65.4. The molecule has 4 saturated carbocycles. The van der Waals surface area contributed by atoms with E-state index in [0.29, 0.717) is 131 Å². The maximum Gasteiger partial charge on any atom is 0.331 e. The van der Waals surface area contributed by atoms with Crippen molar-refractivity contribution >= 4 is 45.1 Å². The van der Waals surface area contributed by atoms with Crippen molar-refractivity contribution < 1.29 is 152 Å². The molecule has 0 aromatic heterocycles. The molecule has 139 heavy (non-hydrogen) atoms. The molecule has 6 saturated heterocycles. The van der Waals surface area contributed by atoms with Crippen molar-refractivity contribution in [3.05, 3.63) is 195 Å². The standard InChI is InChI=1S/2C17H19NO5.C17H19NO4.C17H15NO4.C17H17NO4.C16H15NO4.CH3.H2O4S/c2*1-18-5-4-16-13-8-2-3-9(19)14(13)23-15(16)10(20)7-12(21)17(16,22)11(18)6-8;2*1-18-7-6-16-13-9-2-3-10(19)14(13)22-15(16)11(20)4-5-17(16,21)12(18)8-9;18-10-3-5-16-13-8-1-2-11(19)14(13)22-15(16)12(20)4-6-17(16,21)9(10)7-8;18-9-2-1-8-7-11-16(20)4-3-10(19)14-15(16,5-6-17-11)12(8)13(9)21-14;;1-5(2,3)4/h2*2-3,11-12,15,19,21-22H,4-7H2,1H3;2-3,12,15,19,21H,4-8H2,1H3;2,4-5,12,15,21H,6-8H2,1H3;1-2,4,6,9-10,15,19,21H,3,5,7,18H2;1-4,11,14,17-18,20H,5-7H2;1H3;(H2,1,2,3,4)/q;;;;;;+1;/t2*11-,12?,15?,16+,17+;2*12-,15?,16+,17-;9-,10?,15?,16-,17+;11-,14?,15+,16-;;/m111101../s1. The van der Waals surface area contributed by atoms with Crippen LogP contribution < -0.4 is 34.7 Å². The number of ether oxygens (including phenoxy) is 6. The molecule has 27 atom stereocenters. The Morgan fingerprint density at radius 3 is 1.28 bits per heavy atom. The van der Waals surface area contributed by atoms with E-state index in [2.05, 4.69) is 36.7 Å². The second-order valence-electron chi connectivity index (χ2n) is 42.8. The van der Waals surface area contributed by atoms with Gasteiger partial charge < -0.3 is 135 Å². The van der Waals surface area contributed by atoms with Gasteiger partial charge >= 0.3 is 5.76 Å². The van der Waals surface area contributed by atoms with Gasteiger partial charge in [0.15, 0.2) is 129 Å². The SMILES string of the molecule is CN1CC[C@]23C4=C5C=[C+]C(O)=C4OC2C(=O)C=C[C@@]3(O)[C@H]1C5.CN1CC[C@]23c4c5ccc(O)c4OC2C(=O)CC(O)[C@@]3(O)[C@H]1C5.CN1CC[C@]23c4c5ccc(O)c4OC2C(=O)CC(O)[C@@]3(O)[C@H]1C5.CN1CC[C@]23c4c5ccc(O)c4OC2C(=O)CC[C@@]3(O)[C@H]1C5.O=C1C=C[C@@]2(O)[C@H]3Cc4ccc(O)c5c4[C@@]2(CCN3)C1O5.O=S(=O)([O-])[O-].[CH3+].[NH3+]C1CC[C@]23c4c5ccc(O)c4OC2C(=O)C=C[C@@]3(O)[C@H]1C5. The Hall–Kier alpha value is -10.8. The Labute approximate surface area is 797 Å². The van der Waals surface area contributed by atoms with Crippen LogP contribution in [0.4, 0.5) is 0 Å². The predicted molar refractivity (Wildman–Crippen MR) is 480 cm³/mol. The van der Waals surface area contributed by atoms with E-state index < -0.39 is 125 Å². The molecule has 5 aromatic carbocycles. The van der Waals surface area contributed by atoms with Crippen LogP contribution in [0.15, 0.2) is 126 Å². The Kier molecular flexibility index (Phi) is 19.7. The average molecular weight is 1930 g/mol. The second kappa shape index (κ2) is 29.7. The van der Waals surface area contributed by atoms with Gasteiger partial charge in [0, 0.05) is 108 Å². The quantitative estimate of drug-likeness (QED) is 0.0555. The number of nitrogens with zero attached hydrogens (tertiary/aromatic N) is 4. The zero-order chi connectivity index (χ0) is 97.0. The van der Waals surface area contributed by atoms with E-state index in [9.17, 15) is 100 Å². The summed E-state index contributed by atoms with van der Waals surface area (Å²) in [5.41, 5.74) is 3.17. The van der Waals surface area contributed by atoms with Crippen LogP contribution >= 0.6 is 0 Å². The first-order valence-corrected chi connectivity index (χ1v) is 48.8. The number of hydrogen-bond acceptors (Lipinski definition) is 35. The Bertz CT molecular complexity index is 6530. The molecule has 36 nitrogen and oxygen atoms in total. The fourth-order valence-corrected chi connectivity index (χ4v) is 31.9. The molecule has 732 valence electrons. The molecular formula is C102H109N6O30S+. The van der Waals surface area contributed by atoms with Gasteiger partial charge in [0.05, 0.1) is 68.6 Å². The third-order valence-corrected chi connectivity index (χ3v) is 37.7. The van der Waals surface area contributed by atoms with Crippen LogP contribution in [-0.2, 0) is 103 Å². The number of likely N-dealkylation sites (tertiary alicyclic amines) is 4. The van der Waals surface area contributed by atoms with Crippen molar-refractivity contribution in [3.63, 3.8) is 0 Å². The number of nitrogens with one attached hydrogen (secondary N) is 1. The van der Waals surface area contributed by atoms with E-state index in [4.69, 9.17) is 45.9 Å². The van der Waals surface area contributed by atoms with Gasteiger partial charge in [-0.3, -0.25) is 42.1 Å². The largest absolute Gasteiger partial charge is 0.759 e. The van der Waals surface area contributed by atoms with Gasteiger partial charge in [-0.1, -0.05) is 30.3 Å². The number of likely N-dealkylation sites (N-methyl/N-ethyl adjacent to an activating group) is 4. The normalized spacial score (nSPS) is 41.9. The van der Waals surface area contributed by atoms with Gasteiger partial charge in [-0.05, 0) is 233 Å². The maximum absolute atomic E-state index is 12.6. The number of allylic oxidation sites excluding steroid dienone is 3. The Morgan fingerprint density at radius 1 is 0.424 bits per heavy atom. The lowest BCUT2D eigenvalue weighted by Gasteiger charge is -2.63. The molecular weight excluding hydrogens is 1820 g/mol. The molecule has 12 bridgehead atoms. The molecule has 11 aliphatic heterocycles. The first-order valence-electron chi connectivity index (χ1n) is 47.4. The molecule has 0 radical (unpaired) electrons. The second-order valence-corrected chi connectivity index (χ2v) is 43.6. The lowest BCUT2D eigenvalue weighted by Crippen LogP contribution is -2.80. The minimum absolute atomic E-state index is 0. The van der Waals surface area contributed by atoms with Crippen LogP contribution in [0.25, 0.3) is 0 Å². The summed E-state index contributed by atoms with van der Waals surface area (Å²) in [6.45, 7) is 3.76. The highest BCUT2D eigenvalue weighted by Gasteiger charge is 2.82. The summed E-state index contributed by atoms with van der Waals surface area (Å²) in [4.78, 5) is 83.4. The third kappa shape index (κ3) is 11.0. The number of hydrogen-bond donors (Lipinski definition) is 16. The number of Topliss-reactive ketones (excluding diaryl/α,β-unsaturated/α-hetero) is 3. The van der Waals surface area contributed by atoms with E-state index in [-0.39, 0.29) is 132 Å². The van der Waals surface area contributed by atoms with Crippen molar-refractivity contribution in [3.8, 4) is 57.5 Å². The summed E-state index contributed by atoms with van der Waals surface area (Å²) in [7, 11) is 2.76. The topological polar surface area (TPSA) is 574 Å². The van der Waals surface area contributed by atoms with E-state index in [1.165, 1.54) is 18.2 Å². The van der Waals surface area contributed by atoms with E-state index in [0.717, 1.165) is 99.3 Å². The number of carbonyl (C=O) groups is 6. The molecule has 0 amide bonds. The molecule has 37 heteroatoms. The number of aliphatic hydroxyl groups is 9. The molecule has 14 aliphatic carbocycles. The number of piperidine rings is 5. The van der Waals surface area contributed by atoms with Gasteiger partial charge in [0.2, 0.25) is 0 Å². The highest BCUT2D eigenvalue weighted by Crippen LogP contribution is 2.73. The summed E-state index contributed by atoms with van der Waals surface area (Å²) < 4.78 is 69.4. The predicted octanol–water partition coefficient (Wildman–Crippen LogP) is 0.0947. The number of phenols is 5. The summed E-state index contributed by atoms with van der Waals surface area (Å²) in [5.74, 6) is 1.47.